The molecule has 23 heavy (non-hydrogen) atoms. The fourth-order valence-corrected chi connectivity index (χ4v) is 1.70. The molecule has 0 spiro atoms. The third-order valence-electron chi connectivity index (χ3n) is 2.97. The molecule has 0 aliphatic heterocycles. The summed E-state index contributed by atoms with van der Waals surface area (Å²) in [5, 5.41) is 5.12. The highest BCUT2D eigenvalue weighted by Gasteiger charge is 2.12. The van der Waals surface area contributed by atoms with E-state index in [2.05, 4.69) is 17.2 Å². The molecule has 0 saturated carbocycles. The highest BCUT2D eigenvalue weighted by Crippen LogP contribution is 2.13. The number of benzene rings is 1. The number of carbonyl (C=O) groups is 2. The number of amides is 2. The van der Waals surface area contributed by atoms with Crippen LogP contribution in [0.15, 0.2) is 54.3 Å². The number of aryl methyl sites for hydroxylation is 1. The van der Waals surface area contributed by atoms with Crippen LogP contribution < -0.4 is 10.6 Å². The van der Waals surface area contributed by atoms with E-state index in [1.54, 1.807) is 38.1 Å². The van der Waals surface area contributed by atoms with Crippen LogP contribution in [0.2, 0.25) is 0 Å². The lowest BCUT2D eigenvalue weighted by molar-refractivity contribution is -0.126. The summed E-state index contributed by atoms with van der Waals surface area (Å²) in [6.45, 7) is 9.00. The molecule has 2 N–H and O–H groups in total. The van der Waals surface area contributed by atoms with Crippen molar-refractivity contribution in [2.45, 2.75) is 27.2 Å². The molecule has 0 atom stereocenters. The molecular formula is C18H21FN2O2. The minimum Gasteiger partial charge on any atom is -0.326 e. The van der Waals surface area contributed by atoms with Gasteiger partial charge in [0.25, 0.3) is 0 Å². The average molecular weight is 316 g/mol. The third-order valence-corrected chi connectivity index (χ3v) is 2.97. The molecule has 1 rings (SSSR count). The Morgan fingerprint density at radius 1 is 1.30 bits per heavy atom. The second kappa shape index (κ2) is 8.68. The van der Waals surface area contributed by atoms with Gasteiger partial charge in [-0.05, 0) is 50.1 Å². The van der Waals surface area contributed by atoms with E-state index in [-0.39, 0.29) is 6.42 Å². The number of hydrogen-bond acceptors (Lipinski definition) is 2. The Morgan fingerprint density at radius 3 is 2.57 bits per heavy atom. The standard InChI is InChI=1S/C18H21FN2O2/c1-5-6-7-16(12(2)3)21-18(23)11-17(22)20-14-9-8-13(4)15(19)10-14/h5-10H,2,11H2,1,3-4H3,(H,20,22)(H,21,23)/b6-5-,16-7+. The Morgan fingerprint density at radius 2 is 2.00 bits per heavy atom. The Kier molecular flexibility index (Phi) is 6.93. The summed E-state index contributed by atoms with van der Waals surface area (Å²) in [5.41, 5.74) is 2.02. The first-order valence-corrected chi connectivity index (χ1v) is 7.18. The summed E-state index contributed by atoms with van der Waals surface area (Å²) in [5.74, 6) is -1.39. The molecule has 0 aromatic heterocycles. The number of allylic oxidation sites excluding steroid dienone is 4. The van der Waals surface area contributed by atoms with Crippen LogP contribution in [-0.2, 0) is 9.59 Å². The maximum Gasteiger partial charge on any atom is 0.233 e. The molecule has 0 heterocycles. The second-order valence-corrected chi connectivity index (χ2v) is 5.12. The van der Waals surface area contributed by atoms with Crippen LogP contribution in [0.3, 0.4) is 0 Å². The van der Waals surface area contributed by atoms with Gasteiger partial charge in [-0.25, -0.2) is 4.39 Å². The van der Waals surface area contributed by atoms with E-state index in [0.717, 1.165) is 0 Å². The molecule has 0 radical (unpaired) electrons. The Balaban J connectivity index is 2.64. The van der Waals surface area contributed by atoms with Crippen molar-refractivity contribution in [3.8, 4) is 0 Å². The summed E-state index contributed by atoms with van der Waals surface area (Å²) in [6.07, 6.45) is 4.91. The van der Waals surface area contributed by atoms with E-state index in [1.807, 2.05) is 13.0 Å². The first-order chi connectivity index (χ1) is 10.8. The molecule has 0 saturated heterocycles. The lowest BCUT2D eigenvalue weighted by Gasteiger charge is -2.10. The van der Waals surface area contributed by atoms with Gasteiger partial charge in [0.15, 0.2) is 0 Å². The minimum absolute atomic E-state index is 0.315. The van der Waals surface area contributed by atoms with Crippen molar-refractivity contribution >= 4 is 17.5 Å². The lowest BCUT2D eigenvalue weighted by Crippen LogP contribution is -2.28. The minimum atomic E-state index is -0.516. The van der Waals surface area contributed by atoms with Gasteiger partial charge in [0.2, 0.25) is 11.8 Å². The van der Waals surface area contributed by atoms with Crippen molar-refractivity contribution in [3.63, 3.8) is 0 Å². The van der Waals surface area contributed by atoms with E-state index in [0.29, 0.717) is 22.5 Å². The molecule has 0 aliphatic rings. The topological polar surface area (TPSA) is 58.2 Å². The number of hydrogen-bond donors (Lipinski definition) is 2. The molecule has 5 heteroatoms. The summed E-state index contributed by atoms with van der Waals surface area (Å²) in [6, 6.07) is 4.36. The van der Waals surface area contributed by atoms with Crippen molar-refractivity contribution in [1.29, 1.82) is 0 Å². The van der Waals surface area contributed by atoms with Crippen LogP contribution in [0.5, 0.6) is 0 Å². The summed E-state index contributed by atoms with van der Waals surface area (Å²) in [7, 11) is 0. The quantitative estimate of drug-likeness (QED) is 0.622. The van der Waals surface area contributed by atoms with E-state index >= 15 is 0 Å². The number of anilines is 1. The van der Waals surface area contributed by atoms with Crippen LogP contribution in [0.4, 0.5) is 10.1 Å². The summed E-state index contributed by atoms with van der Waals surface area (Å²) >= 11 is 0. The molecule has 0 unspecified atom stereocenters. The maximum absolute atomic E-state index is 13.4. The first kappa shape index (κ1) is 18.4. The molecule has 0 aliphatic carbocycles. The third kappa shape index (κ3) is 6.30. The van der Waals surface area contributed by atoms with Gasteiger partial charge in [0.05, 0.1) is 0 Å². The lowest BCUT2D eigenvalue weighted by atomic mass is 10.2. The van der Waals surface area contributed by atoms with Crippen molar-refractivity contribution in [2.24, 2.45) is 0 Å². The molecule has 1 aromatic rings. The Bertz CT molecular complexity index is 676. The van der Waals surface area contributed by atoms with E-state index < -0.39 is 17.6 Å². The monoisotopic (exact) mass is 316 g/mol. The number of halogens is 1. The normalized spacial score (nSPS) is 11.4. The maximum atomic E-state index is 13.4. The SMILES string of the molecule is C=C(C)/C(=C\C=C/C)NC(=O)CC(=O)Nc1ccc(C)c(F)c1. The van der Waals surface area contributed by atoms with Crippen molar-refractivity contribution in [1.82, 2.24) is 5.32 Å². The van der Waals surface area contributed by atoms with E-state index in [9.17, 15) is 14.0 Å². The van der Waals surface area contributed by atoms with Crippen molar-refractivity contribution in [3.05, 3.63) is 65.7 Å². The predicted octanol–water partition coefficient (Wildman–Crippen LogP) is 3.62. The molecule has 1 aromatic carbocycles. The van der Waals surface area contributed by atoms with Crippen molar-refractivity contribution < 1.29 is 14.0 Å². The second-order valence-electron chi connectivity index (χ2n) is 5.12. The zero-order valence-corrected chi connectivity index (χ0v) is 13.6. The van der Waals surface area contributed by atoms with Gasteiger partial charge in [-0.2, -0.15) is 0 Å². The van der Waals surface area contributed by atoms with Gasteiger partial charge in [0, 0.05) is 11.4 Å². The molecule has 4 nitrogen and oxygen atoms in total. The van der Waals surface area contributed by atoms with Crippen LogP contribution in [0, 0.1) is 12.7 Å². The Hall–Kier alpha value is -2.69. The summed E-state index contributed by atoms with van der Waals surface area (Å²) < 4.78 is 13.4. The number of carbonyl (C=O) groups excluding carboxylic acids is 2. The van der Waals surface area contributed by atoms with E-state index in [4.69, 9.17) is 0 Å². The Labute approximate surface area is 135 Å². The molecular weight excluding hydrogens is 295 g/mol. The highest BCUT2D eigenvalue weighted by molar-refractivity contribution is 6.04. The first-order valence-electron chi connectivity index (χ1n) is 7.18. The number of nitrogens with one attached hydrogen (secondary N) is 2. The van der Waals surface area contributed by atoms with Crippen LogP contribution >= 0.6 is 0 Å². The zero-order valence-electron chi connectivity index (χ0n) is 13.6. The zero-order chi connectivity index (χ0) is 17.4. The van der Waals surface area contributed by atoms with Crippen LogP contribution in [0.25, 0.3) is 0 Å². The smallest absolute Gasteiger partial charge is 0.233 e. The average Bonchev–Trinajstić information content (AvgIpc) is 2.46. The summed E-state index contributed by atoms with van der Waals surface area (Å²) in [4.78, 5) is 23.7. The molecule has 0 fully saturated rings. The molecule has 122 valence electrons. The van der Waals surface area contributed by atoms with Gasteiger partial charge in [-0.15, -0.1) is 0 Å². The predicted molar refractivity (Wildman–Crippen MR) is 90.2 cm³/mol. The largest absolute Gasteiger partial charge is 0.326 e. The fraction of sp³-hybridized carbons (Fsp3) is 0.222. The molecule has 0 bridgehead atoms. The van der Waals surface area contributed by atoms with Gasteiger partial charge in [0.1, 0.15) is 12.2 Å². The van der Waals surface area contributed by atoms with Crippen LogP contribution in [0.1, 0.15) is 25.8 Å². The number of rotatable bonds is 6. The fourth-order valence-electron chi connectivity index (χ4n) is 1.70. The molecule has 2 amide bonds. The van der Waals surface area contributed by atoms with Gasteiger partial charge in [-0.3, -0.25) is 9.59 Å². The van der Waals surface area contributed by atoms with Crippen molar-refractivity contribution in [2.75, 3.05) is 5.32 Å². The van der Waals surface area contributed by atoms with E-state index in [1.165, 1.54) is 6.07 Å². The van der Waals surface area contributed by atoms with Gasteiger partial charge in [-0.1, -0.05) is 24.8 Å². The van der Waals surface area contributed by atoms with Gasteiger partial charge < -0.3 is 10.6 Å². The van der Waals surface area contributed by atoms with Gasteiger partial charge >= 0.3 is 0 Å². The highest BCUT2D eigenvalue weighted by atomic mass is 19.1. The van der Waals surface area contributed by atoms with Crippen LogP contribution in [-0.4, -0.2) is 11.8 Å².